The van der Waals surface area contributed by atoms with Crippen LogP contribution in [-0.2, 0) is 22.7 Å². The van der Waals surface area contributed by atoms with Gasteiger partial charge in [-0.2, -0.15) is 16.9 Å². The van der Waals surface area contributed by atoms with Crippen LogP contribution >= 0.6 is 24.2 Å². The average Bonchev–Trinajstić information content (AvgIpc) is 2.83. The first-order valence-corrected chi connectivity index (χ1v) is 7.23. The Kier molecular flexibility index (Phi) is 8.19. The van der Waals surface area contributed by atoms with Crippen LogP contribution in [0.2, 0.25) is 0 Å². The molecule has 1 aromatic heterocycles. The second-order valence-electron chi connectivity index (χ2n) is 4.82. The minimum absolute atomic E-state index is 0. The van der Waals surface area contributed by atoms with Crippen LogP contribution in [0.5, 0.6) is 0 Å². The number of rotatable bonds is 7. The van der Waals surface area contributed by atoms with Crippen molar-refractivity contribution in [2.75, 3.05) is 13.4 Å². The highest BCUT2D eigenvalue weighted by Gasteiger charge is 2.31. The highest BCUT2D eigenvalue weighted by molar-refractivity contribution is 8.00. The molecule has 1 rings (SSSR count). The molecule has 1 amide bonds. The van der Waals surface area contributed by atoms with Gasteiger partial charge in [-0.05, 0) is 26.2 Å². The Bertz CT molecular complexity index is 425. The van der Waals surface area contributed by atoms with Crippen LogP contribution in [0.1, 0.15) is 25.2 Å². The number of aromatic amines is 1. The molecule has 0 radical (unpaired) electrons. The van der Waals surface area contributed by atoms with E-state index < -0.39 is 6.04 Å². The van der Waals surface area contributed by atoms with E-state index in [-0.39, 0.29) is 23.1 Å². The predicted molar refractivity (Wildman–Crippen MR) is 84.0 cm³/mol. The zero-order valence-corrected chi connectivity index (χ0v) is 13.9. The summed E-state index contributed by atoms with van der Waals surface area (Å²) in [4.78, 5) is 11.9. The number of methoxy groups -OCH3 is 1. The van der Waals surface area contributed by atoms with Crippen molar-refractivity contribution in [3.63, 3.8) is 0 Å². The van der Waals surface area contributed by atoms with Gasteiger partial charge in [0.1, 0.15) is 0 Å². The lowest BCUT2D eigenvalue weighted by molar-refractivity contribution is -0.123. The summed E-state index contributed by atoms with van der Waals surface area (Å²) in [6, 6.07) is 1.30. The Balaban J connectivity index is 0.00000361. The average molecular weight is 323 g/mol. The third kappa shape index (κ3) is 5.32. The number of carbonyl (C=O) groups is 1. The Hall–Kier alpha value is -0.760. The van der Waals surface area contributed by atoms with Crippen LogP contribution in [0.15, 0.2) is 6.07 Å². The van der Waals surface area contributed by atoms with Crippen molar-refractivity contribution in [1.29, 1.82) is 0 Å². The summed E-state index contributed by atoms with van der Waals surface area (Å²) in [6.45, 7) is 4.74. The van der Waals surface area contributed by atoms with Gasteiger partial charge in [0.15, 0.2) is 0 Å². The fourth-order valence-corrected chi connectivity index (χ4v) is 1.82. The highest BCUT2D eigenvalue weighted by atomic mass is 35.5. The van der Waals surface area contributed by atoms with Crippen molar-refractivity contribution in [2.24, 2.45) is 5.73 Å². The largest absolute Gasteiger partial charge is 0.378 e. The molecule has 0 unspecified atom stereocenters. The first-order valence-electron chi connectivity index (χ1n) is 6.01. The maximum Gasteiger partial charge on any atom is 0.238 e. The minimum Gasteiger partial charge on any atom is -0.378 e. The summed E-state index contributed by atoms with van der Waals surface area (Å²) in [5.41, 5.74) is 7.58. The number of thioether (sulfide) groups is 1. The number of aromatic nitrogens is 2. The first kappa shape index (κ1) is 19.2. The minimum atomic E-state index is -0.552. The number of halogens is 1. The van der Waals surface area contributed by atoms with E-state index in [1.165, 1.54) is 0 Å². The molecular formula is C12H23ClN4O2S. The Morgan fingerprint density at radius 3 is 2.85 bits per heavy atom. The summed E-state index contributed by atoms with van der Waals surface area (Å²) in [5, 5.41) is 9.71. The maximum atomic E-state index is 11.9. The van der Waals surface area contributed by atoms with Gasteiger partial charge < -0.3 is 15.8 Å². The molecule has 0 aliphatic rings. The molecule has 0 bridgehead atoms. The lowest BCUT2D eigenvalue weighted by Gasteiger charge is -2.28. The molecule has 0 saturated heterocycles. The molecular weight excluding hydrogens is 300 g/mol. The van der Waals surface area contributed by atoms with Crippen LogP contribution < -0.4 is 11.1 Å². The Morgan fingerprint density at radius 1 is 1.65 bits per heavy atom. The number of nitrogens with two attached hydrogens (primary N) is 1. The second-order valence-corrected chi connectivity index (χ2v) is 6.28. The van der Waals surface area contributed by atoms with E-state index >= 15 is 0 Å². The quantitative estimate of drug-likeness (QED) is 0.698. The van der Waals surface area contributed by atoms with Gasteiger partial charge >= 0.3 is 0 Å². The Morgan fingerprint density at radius 2 is 2.30 bits per heavy atom. The second kappa shape index (κ2) is 8.51. The number of nitrogens with zero attached hydrogens (tertiary/aromatic N) is 1. The van der Waals surface area contributed by atoms with Crippen molar-refractivity contribution < 1.29 is 9.53 Å². The van der Waals surface area contributed by atoms with Crippen LogP contribution in [0.4, 0.5) is 0 Å². The van der Waals surface area contributed by atoms with Crippen molar-refractivity contribution in [1.82, 2.24) is 15.5 Å². The van der Waals surface area contributed by atoms with Gasteiger partial charge in [-0.1, -0.05) is 0 Å². The fraction of sp³-hybridized carbons (Fsp3) is 0.667. The number of carbonyl (C=O) groups excluding carboxylic acids is 1. The summed E-state index contributed by atoms with van der Waals surface area (Å²) in [7, 11) is 1.61. The molecule has 0 aliphatic heterocycles. The van der Waals surface area contributed by atoms with E-state index in [2.05, 4.69) is 15.5 Å². The van der Waals surface area contributed by atoms with Crippen molar-refractivity contribution >= 4 is 30.1 Å². The van der Waals surface area contributed by atoms with Crippen molar-refractivity contribution in [3.05, 3.63) is 17.5 Å². The van der Waals surface area contributed by atoms with Crippen LogP contribution in [0.3, 0.4) is 0 Å². The van der Waals surface area contributed by atoms with Crippen LogP contribution in [0, 0.1) is 0 Å². The predicted octanol–water partition coefficient (Wildman–Crippen LogP) is 1.06. The number of hydrogen-bond donors (Lipinski definition) is 3. The third-order valence-electron chi connectivity index (χ3n) is 2.99. The van der Waals surface area contributed by atoms with E-state index in [9.17, 15) is 4.79 Å². The van der Waals surface area contributed by atoms with Gasteiger partial charge in [0, 0.05) is 11.9 Å². The molecule has 0 aromatic carbocycles. The van der Waals surface area contributed by atoms with Gasteiger partial charge in [0.25, 0.3) is 0 Å². The highest BCUT2D eigenvalue weighted by Crippen LogP contribution is 2.24. The molecule has 0 aliphatic carbocycles. The molecule has 6 nitrogen and oxygen atoms in total. The van der Waals surface area contributed by atoms with Gasteiger partial charge in [-0.25, -0.2) is 0 Å². The number of H-pyrrole nitrogens is 1. The molecule has 8 heteroatoms. The number of nitrogens with one attached hydrogen (secondary N) is 2. The van der Waals surface area contributed by atoms with E-state index in [1.54, 1.807) is 18.9 Å². The van der Waals surface area contributed by atoms with Crippen LogP contribution in [-0.4, -0.2) is 40.3 Å². The Labute approximate surface area is 130 Å². The summed E-state index contributed by atoms with van der Waals surface area (Å²) in [6.07, 6.45) is 1.94. The lowest BCUT2D eigenvalue weighted by Crippen LogP contribution is -2.51. The standard InChI is InChI=1S/C12H22N4O2S.ClH/c1-12(2,19-4)10(13)11(17)14-6-8-5-9(7-18-3)16-15-8;/h5,10H,6-7,13H2,1-4H3,(H,14,17)(H,15,16);1H/t10-;/m1./s1. The molecule has 20 heavy (non-hydrogen) atoms. The van der Waals surface area contributed by atoms with Gasteiger partial charge in [0.2, 0.25) is 5.91 Å². The smallest absolute Gasteiger partial charge is 0.238 e. The summed E-state index contributed by atoms with van der Waals surface area (Å²) in [5.74, 6) is -0.165. The monoisotopic (exact) mass is 322 g/mol. The molecule has 1 atom stereocenters. The molecule has 0 fully saturated rings. The van der Waals surface area contributed by atoms with E-state index in [0.717, 1.165) is 11.4 Å². The molecule has 116 valence electrons. The van der Waals surface area contributed by atoms with Gasteiger partial charge in [0.05, 0.1) is 30.6 Å². The fourth-order valence-electron chi connectivity index (χ4n) is 1.46. The lowest BCUT2D eigenvalue weighted by atomic mass is 10.0. The maximum absolute atomic E-state index is 11.9. The molecule has 4 N–H and O–H groups in total. The van der Waals surface area contributed by atoms with Gasteiger partial charge in [-0.15, -0.1) is 12.4 Å². The molecule has 1 aromatic rings. The third-order valence-corrected chi connectivity index (χ3v) is 4.29. The van der Waals surface area contributed by atoms with Crippen molar-refractivity contribution in [2.45, 2.75) is 37.8 Å². The molecule has 0 spiro atoms. The normalized spacial score (nSPS) is 12.7. The SMILES string of the molecule is COCc1cc(CNC(=O)[C@@H](N)C(C)(C)SC)[nH]n1.Cl. The van der Waals surface area contributed by atoms with Crippen molar-refractivity contribution in [3.8, 4) is 0 Å². The topological polar surface area (TPSA) is 93.0 Å². The number of hydrogen-bond acceptors (Lipinski definition) is 5. The number of amides is 1. The van der Waals surface area contributed by atoms with Gasteiger partial charge in [-0.3, -0.25) is 9.89 Å². The zero-order valence-electron chi connectivity index (χ0n) is 12.2. The first-order chi connectivity index (χ1) is 8.90. The number of ether oxygens (including phenoxy) is 1. The molecule has 0 saturated carbocycles. The summed E-state index contributed by atoms with van der Waals surface area (Å²) >= 11 is 1.57. The van der Waals surface area contributed by atoms with Crippen LogP contribution in [0.25, 0.3) is 0 Å². The van der Waals surface area contributed by atoms with E-state index in [1.807, 2.05) is 26.2 Å². The zero-order chi connectivity index (χ0) is 14.5. The van der Waals surface area contributed by atoms with E-state index in [4.69, 9.17) is 10.5 Å². The van der Waals surface area contributed by atoms with E-state index in [0.29, 0.717) is 13.2 Å². The summed E-state index contributed by atoms with van der Waals surface area (Å²) < 4.78 is 4.68. The molecule has 1 heterocycles.